The highest BCUT2D eigenvalue weighted by Gasteiger charge is 2.22. The summed E-state index contributed by atoms with van der Waals surface area (Å²) in [6.07, 6.45) is 0. The van der Waals surface area contributed by atoms with Gasteiger partial charge in [0.05, 0.1) is 0 Å². The second-order valence-corrected chi connectivity index (χ2v) is 4.72. The lowest BCUT2D eigenvalue weighted by atomic mass is 9.78. The highest BCUT2D eigenvalue weighted by atomic mass is 35.5. The zero-order valence-corrected chi connectivity index (χ0v) is 11.2. The van der Waals surface area contributed by atoms with Gasteiger partial charge in [-0.15, -0.1) is 12.4 Å². The van der Waals surface area contributed by atoms with Gasteiger partial charge in [0, 0.05) is 5.41 Å². The fraction of sp³-hybridized carbons (Fsp3) is 0.200. The molecule has 0 atom stereocenters. The Balaban J connectivity index is 0.00000162. The van der Waals surface area contributed by atoms with Gasteiger partial charge in [0.15, 0.2) is 0 Å². The third-order valence-corrected chi connectivity index (χ3v) is 3.18. The molecule has 0 spiro atoms. The van der Waals surface area contributed by atoms with Crippen molar-refractivity contribution >= 4 is 12.4 Å². The second kappa shape index (κ2) is 5.32. The average Bonchev–Trinajstić information content (AvgIpc) is 2.30. The summed E-state index contributed by atoms with van der Waals surface area (Å²) in [4.78, 5) is 0. The van der Waals surface area contributed by atoms with E-state index in [-0.39, 0.29) is 29.3 Å². The number of aromatic hydroxyl groups is 2. The highest BCUT2D eigenvalue weighted by molar-refractivity contribution is 5.85. The minimum Gasteiger partial charge on any atom is -0.508 e. The molecule has 0 radical (unpaired) electrons. The van der Waals surface area contributed by atoms with Gasteiger partial charge < -0.3 is 10.2 Å². The van der Waals surface area contributed by atoms with Crippen LogP contribution in [0.2, 0.25) is 0 Å². The molecule has 2 nitrogen and oxygen atoms in total. The molecule has 2 aromatic carbocycles. The fourth-order valence-corrected chi connectivity index (χ4v) is 1.92. The van der Waals surface area contributed by atoms with Crippen LogP contribution in [0.15, 0.2) is 48.5 Å². The molecule has 0 unspecified atom stereocenters. The van der Waals surface area contributed by atoms with Crippen LogP contribution < -0.4 is 0 Å². The zero-order valence-electron chi connectivity index (χ0n) is 10.4. The van der Waals surface area contributed by atoms with Gasteiger partial charge in [-0.3, -0.25) is 0 Å². The number of phenols is 2. The highest BCUT2D eigenvalue weighted by Crippen LogP contribution is 2.32. The summed E-state index contributed by atoms with van der Waals surface area (Å²) in [6, 6.07) is 14.4. The van der Waals surface area contributed by atoms with Crippen LogP contribution in [-0.2, 0) is 5.41 Å². The molecule has 0 bridgehead atoms. The molecule has 2 rings (SSSR count). The molecule has 2 aromatic rings. The smallest absolute Gasteiger partial charge is 0.115 e. The average molecular weight is 265 g/mol. The van der Waals surface area contributed by atoms with E-state index in [4.69, 9.17) is 0 Å². The lowest BCUT2D eigenvalue weighted by molar-refractivity contribution is 0.474. The van der Waals surface area contributed by atoms with Crippen LogP contribution in [0.3, 0.4) is 0 Å². The molecule has 0 amide bonds. The Kier molecular flexibility index (Phi) is 4.25. The standard InChI is InChI=1S/C15H16O2.ClH/c1-15(2,11-3-7-13(16)8-4-11)12-5-9-14(17)10-6-12;/h3-10,16-17H,1-2H3;1H. The van der Waals surface area contributed by atoms with Crippen molar-refractivity contribution in [3.63, 3.8) is 0 Å². The van der Waals surface area contributed by atoms with Crippen LogP contribution >= 0.6 is 12.4 Å². The van der Waals surface area contributed by atoms with Gasteiger partial charge in [0.1, 0.15) is 11.5 Å². The van der Waals surface area contributed by atoms with Crippen LogP contribution in [0, 0.1) is 0 Å². The maximum atomic E-state index is 9.30. The summed E-state index contributed by atoms with van der Waals surface area (Å²) in [5, 5.41) is 18.6. The fourth-order valence-electron chi connectivity index (χ4n) is 1.92. The lowest BCUT2D eigenvalue weighted by Gasteiger charge is -2.26. The van der Waals surface area contributed by atoms with Crippen molar-refractivity contribution in [3.05, 3.63) is 59.7 Å². The molecule has 18 heavy (non-hydrogen) atoms. The van der Waals surface area contributed by atoms with Crippen molar-refractivity contribution < 1.29 is 10.2 Å². The van der Waals surface area contributed by atoms with Crippen molar-refractivity contribution in [2.75, 3.05) is 0 Å². The van der Waals surface area contributed by atoms with Crippen molar-refractivity contribution in [2.24, 2.45) is 0 Å². The Morgan fingerprint density at radius 3 is 1.22 bits per heavy atom. The Morgan fingerprint density at radius 2 is 0.944 bits per heavy atom. The number of hydrogen-bond acceptors (Lipinski definition) is 2. The largest absolute Gasteiger partial charge is 0.508 e. The number of phenolic OH excluding ortho intramolecular Hbond substituents is 2. The van der Waals surface area contributed by atoms with Crippen molar-refractivity contribution in [1.29, 1.82) is 0 Å². The summed E-state index contributed by atoms with van der Waals surface area (Å²) in [5.74, 6) is 0.547. The summed E-state index contributed by atoms with van der Waals surface area (Å²) in [6.45, 7) is 4.23. The van der Waals surface area contributed by atoms with E-state index in [0.29, 0.717) is 0 Å². The van der Waals surface area contributed by atoms with Gasteiger partial charge >= 0.3 is 0 Å². The number of halogens is 1. The molecule has 2 N–H and O–H groups in total. The van der Waals surface area contributed by atoms with Crippen LogP contribution in [0.1, 0.15) is 25.0 Å². The normalized spacial score (nSPS) is 10.8. The van der Waals surface area contributed by atoms with Crippen LogP contribution in [0.25, 0.3) is 0 Å². The summed E-state index contributed by atoms with van der Waals surface area (Å²) >= 11 is 0. The molecule has 0 aliphatic heterocycles. The molecule has 0 aliphatic rings. The number of hydrogen-bond donors (Lipinski definition) is 2. The monoisotopic (exact) mass is 264 g/mol. The quantitative estimate of drug-likeness (QED) is 0.865. The van der Waals surface area contributed by atoms with Gasteiger partial charge in [0.25, 0.3) is 0 Å². The van der Waals surface area contributed by atoms with E-state index < -0.39 is 0 Å². The van der Waals surface area contributed by atoms with Crippen molar-refractivity contribution in [2.45, 2.75) is 19.3 Å². The Bertz CT molecular complexity index is 454. The number of benzene rings is 2. The predicted octanol–water partition coefficient (Wildman–Crippen LogP) is 3.85. The van der Waals surface area contributed by atoms with Gasteiger partial charge in [-0.2, -0.15) is 0 Å². The molecule has 0 fully saturated rings. The second-order valence-electron chi connectivity index (χ2n) is 4.72. The minimum atomic E-state index is -0.151. The van der Waals surface area contributed by atoms with E-state index in [1.807, 2.05) is 24.3 Å². The molecule has 3 heteroatoms. The van der Waals surface area contributed by atoms with Crippen LogP contribution in [0.5, 0.6) is 11.5 Å². The zero-order chi connectivity index (χ0) is 12.5. The summed E-state index contributed by atoms with van der Waals surface area (Å²) < 4.78 is 0. The van der Waals surface area contributed by atoms with Crippen LogP contribution in [0.4, 0.5) is 0 Å². The third kappa shape index (κ3) is 2.77. The molecule has 0 aromatic heterocycles. The molecule has 96 valence electrons. The first-order chi connectivity index (χ1) is 8.00. The van der Waals surface area contributed by atoms with E-state index in [1.54, 1.807) is 24.3 Å². The molecular weight excluding hydrogens is 248 g/mol. The Labute approximate surface area is 113 Å². The van der Waals surface area contributed by atoms with E-state index >= 15 is 0 Å². The topological polar surface area (TPSA) is 40.5 Å². The van der Waals surface area contributed by atoms with Gasteiger partial charge in [-0.1, -0.05) is 38.1 Å². The SMILES string of the molecule is CC(C)(c1ccc(O)cc1)c1ccc(O)cc1.Cl. The van der Waals surface area contributed by atoms with E-state index in [1.165, 1.54) is 0 Å². The Hall–Kier alpha value is -1.67. The first kappa shape index (κ1) is 14.4. The van der Waals surface area contributed by atoms with Gasteiger partial charge in [-0.25, -0.2) is 0 Å². The first-order valence-electron chi connectivity index (χ1n) is 5.59. The van der Waals surface area contributed by atoms with E-state index in [2.05, 4.69) is 13.8 Å². The van der Waals surface area contributed by atoms with Crippen molar-refractivity contribution in [3.8, 4) is 11.5 Å². The van der Waals surface area contributed by atoms with Gasteiger partial charge in [-0.05, 0) is 35.4 Å². The Morgan fingerprint density at radius 1 is 0.667 bits per heavy atom. The summed E-state index contributed by atoms with van der Waals surface area (Å²) in [7, 11) is 0. The third-order valence-electron chi connectivity index (χ3n) is 3.18. The maximum absolute atomic E-state index is 9.30. The molecule has 0 saturated carbocycles. The van der Waals surface area contributed by atoms with Gasteiger partial charge in [0.2, 0.25) is 0 Å². The maximum Gasteiger partial charge on any atom is 0.115 e. The van der Waals surface area contributed by atoms with Crippen LogP contribution in [-0.4, -0.2) is 10.2 Å². The summed E-state index contributed by atoms with van der Waals surface area (Å²) in [5.41, 5.74) is 2.10. The minimum absolute atomic E-state index is 0. The lowest BCUT2D eigenvalue weighted by Crippen LogP contribution is -2.18. The predicted molar refractivity (Wildman–Crippen MR) is 75.6 cm³/mol. The van der Waals surface area contributed by atoms with Crippen molar-refractivity contribution in [1.82, 2.24) is 0 Å². The van der Waals surface area contributed by atoms with E-state index in [0.717, 1.165) is 11.1 Å². The molecular formula is C15H17ClO2. The molecule has 0 heterocycles. The van der Waals surface area contributed by atoms with E-state index in [9.17, 15) is 10.2 Å². The number of rotatable bonds is 2. The molecule has 0 saturated heterocycles. The first-order valence-corrected chi connectivity index (χ1v) is 5.59. The molecule has 0 aliphatic carbocycles.